The lowest BCUT2D eigenvalue weighted by atomic mass is 10.1. The van der Waals surface area contributed by atoms with Crippen LogP contribution in [-0.4, -0.2) is 9.97 Å². The van der Waals surface area contributed by atoms with E-state index in [1.165, 1.54) is 10.4 Å². The van der Waals surface area contributed by atoms with Gasteiger partial charge < -0.3 is 10.7 Å². The zero-order valence-electron chi connectivity index (χ0n) is 7.90. The number of thiophene rings is 1. The maximum absolute atomic E-state index is 5.73. The number of fused-ring (bicyclic) bond motifs is 1. The Morgan fingerprint density at radius 2 is 2.13 bits per heavy atom. The molecule has 3 aromatic heterocycles. The molecule has 0 aliphatic carbocycles. The highest BCUT2D eigenvalue weighted by Crippen LogP contribution is 2.33. The Morgan fingerprint density at radius 1 is 1.20 bits per heavy atom. The van der Waals surface area contributed by atoms with E-state index in [0.717, 1.165) is 16.0 Å². The number of H-pyrrole nitrogens is 1. The summed E-state index contributed by atoms with van der Waals surface area (Å²) in [6.07, 6.45) is 3.71. The Labute approximate surface area is 90.6 Å². The van der Waals surface area contributed by atoms with Crippen LogP contribution in [0.15, 0.2) is 36.7 Å². The molecule has 3 N–H and O–H groups in total. The van der Waals surface area contributed by atoms with Crippen LogP contribution in [0.1, 0.15) is 0 Å². The van der Waals surface area contributed by atoms with E-state index in [4.69, 9.17) is 5.73 Å². The van der Waals surface area contributed by atoms with E-state index in [1.54, 1.807) is 11.3 Å². The molecule has 3 aromatic rings. The molecule has 0 unspecified atom stereocenters. The molecule has 74 valence electrons. The van der Waals surface area contributed by atoms with Gasteiger partial charge in [0.15, 0.2) is 0 Å². The Hall–Kier alpha value is -1.81. The number of aromatic nitrogens is 2. The molecule has 0 aromatic carbocycles. The number of rotatable bonds is 1. The zero-order valence-corrected chi connectivity index (χ0v) is 8.71. The summed E-state index contributed by atoms with van der Waals surface area (Å²) >= 11 is 1.60. The number of anilines is 1. The van der Waals surface area contributed by atoms with E-state index in [1.807, 2.05) is 36.7 Å². The first-order chi connectivity index (χ1) is 7.34. The number of hydrogen-bond donors (Lipinski definition) is 2. The normalized spacial score (nSPS) is 10.9. The number of pyridine rings is 1. The van der Waals surface area contributed by atoms with Crippen molar-refractivity contribution in [3.63, 3.8) is 0 Å². The molecule has 3 rings (SSSR count). The number of hydrogen-bond acceptors (Lipinski definition) is 3. The van der Waals surface area contributed by atoms with Gasteiger partial charge in [-0.1, -0.05) is 0 Å². The van der Waals surface area contributed by atoms with Gasteiger partial charge >= 0.3 is 0 Å². The number of nitrogen functional groups attached to an aromatic ring is 1. The molecule has 0 amide bonds. The molecule has 0 saturated heterocycles. The van der Waals surface area contributed by atoms with Gasteiger partial charge in [0.1, 0.15) is 5.65 Å². The van der Waals surface area contributed by atoms with Crippen molar-refractivity contribution in [2.24, 2.45) is 0 Å². The first-order valence-corrected chi connectivity index (χ1v) is 5.44. The summed E-state index contributed by atoms with van der Waals surface area (Å²) < 4.78 is 0. The highest BCUT2D eigenvalue weighted by atomic mass is 32.1. The smallest absolute Gasteiger partial charge is 0.137 e. The second kappa shape index (κ2) is 3.10. The van der Waals surface area contributed by atoms with Gasteiger partial charge in [-0.3, -0.25) is 0 Å². The fourth-order valence-electron chi connectivity index (χ4n) is 1.67. The van der Waals surface area contributed by atoms with Crippen LogP contribution in [0.2, 0.25) is 0 Å². The fourth-order valence-corrected chi connectivity index (χ4v) is 2.49. The molecule has 0 radical (unpaired) electrons. The number of aromatic amines is 1. The summed E-state index contributed by atoms with van der Waals surface area (Å²) in [4.78, 5) is 8.53. The summed E-state index contributed by atoms with van der Waals surface area (Å²) in [6, 6.07) is 8.02. The molecular weight excluding hydrogens is 206 g/mol. The molecular formula is C11H9N3S. The minimum absolute atomic E-state index is 0.838. The maximum atomic E-state index is 5.73. The minimum atomic E-state index is 0.838. The predicted octanol–water partition coefficient (Wildman–Crippen LogP) is 2.87. The Balaban J connectivity index is 2.30. The molecule has 0 aliphatic rings. The topological polar surface area (TPSA) is 54.7 Å². The molecule has 3 nitrogen and oxygen atoms in total. The van der Waals surface area contributed by atoms with Crippen molar-refractivity contribution in [2.75, 3.05) is 5.73 Å². The summed E-state index contributed by atoms with van der Waals surface area (Å²) in [6.45, 7) is 0. The van der Waals surface area contributed by atoms with Gasteiger partial charge in [-0.2, -0.15) is 0 Å². The van der Waals surface area contributed by atoms with Gasteiger partial charge in [0.25, 0.3) is 0 Å². The maximum Gasteiger partial charge on any atom is 0.137 e. The summed E-state index contributed by atoms with van der Waals surface area (Å²) in [7, 11) is 0. The second-order valence-electron chi connectivity index (χ2n) is 3.30. The molecule has 15 heavy (non-hydrogen) atoms. The average molecular weight is 215 g/mol. The van der Waals surface area contributed by atoms with Crippen LogP contribution in [0, 0.1) is 0 Å². The third-order valence-corrected chi connectivity index (χ3v) is 3.30. The van der Waals surface area contributed by atoms with Gasteiger partial charge in [-0.15, -0.1) is 11.3 Å². The van der Waals surface area contributed by atoms with Crippen LogP contribution in [0.4, 0.5) is 5.00 Å². The predicted molar refractivity (Wildman–Crippen MR) is 63.8 cm³/mol. The minimum Gasteiger partial charge on any atom is -0.391 e. The first-order valence-electron chi connectivity index (χ1n) is 4.62. The SMILES string of the molecule is Nc1ccc(-c2ccnc3[nH]ccc23)s1. The molecule has 0 saturated carbocycles. The molecule has 0 aliphatic heterocycles. The number of nitrogens with one attached hydrogen (secondary N) is 1. The van der Waals surface area contributed by atoms with Crippen LogP contribution in [0.25, 0.3) is 21.5 Å². The van der Waals surface area contributed by atoms with Crippen molar-refractivity contribution in [1.82, 2.24) is 9.97 Å². The Morgan fingerprint density at radius 3 is 2.93 bits per heavy atom. The van der Waals surface area contributed by atoms with Crippen molar-refractivity contribution < 1.29 is 0 Å². The highest BCUT2D eigenvalue weighted by Gasteiger charge is 2.06. The lowest BCUT2D eigenvalue weighted by molar-refractivity contribution is 1.33. The third kappa shape index (κ3) is 1.30. The van der Waals surface area contributed by atoms with Gasteiger partial charge in [-0.05, 0) is 24.3 Å². The monoisotopic (exact) mass is 215 g/mol. The van der Waals surface area contributed by atoms with Crippen molar-refractivity contribution in [1.29, 1.82) is 0 Å². The first kappa shape index (κ1) is 8.49. The van der Waals surface area contributed by atoms with Gasteiger partial charge in [0.2, 0.25) is 0 Å². The van der Waals surface area contributed by atoms with E-state index in [0.29, 0.717) is 0 Å². The largest absolute Gasteiger partial charge is 0.391 e. The summed E-state index contributed by atoms with van der Waals surface area (Å²) in [5.41, 5.74) is 7.83. The van der Waals surface area contributed by atoms with E-state index < -0.39 is 0 Å². The van der Waals surface area contributed by atoms with E-state index in [9.17, 15) is 0 Å². The lowest BCUT2D eigenvalue weighted by Gasteiger charge is -1.98. The standard InChI is InChI=1S/C11H9N3S/c12-10-2-1-9(15-10)7-3-5-13-11-8(7)4-6-14-11/h1-6H,12H2,(H,13,14). The zero-order chi connectivity index (χ0) is 10.3. The van der Waals surface area contributed by atoms with Gasteiger partial charge in [0, 0.05) is 28.2 Å². The van der Waals surface area contributed by atoms with E-state index >= 15 is 0 Å². The molecule has 0 bridgehead atoms. The van der Waals surface area contributed by atoms with Crippen LogP contribution in [0.5, 0.6) is 0 Å². The van der Waals surface area contributed by atoms with Gasteiger partial charge in [-0.25, -0.2) is 4.98 Å². The van der Waals surface area contributed by atoms with Crippen LogP contribution in [-0.2, 0) is 0 Å². The molecule has 0 fully saturated rings. The number of nitrogens with zero attached hydrogens (tertiary/aromatic N) is 1. The van der Waals surface area contributed by atoms with E-state index in [-0.39, 0.29) is 0 Å². The quantitative estimate of drug-likeness (QED) is 0.655. The van der Waals surface area contributed by atoms with Crippen molar-refractivity contribution in [2.45, 2.75) is 0 Å². The second-order valence-corrected chi connectivity index (χ2v) is 4.42. The number of nitrogens with two attached hydrogens (primary N) is 1. The van der Waals surface area contributed by atoms with E-state index in [2.05, 4.69) is 9.97 Å². The molecule has 0 spiro atoms. The lowest BCUT2D eigenvalue weighted by Crippen LogP contribution is -1.78. The average Bonchev–Trinajstić information content (AvgIpc) is 2.84. The van der Waals surface area contributed by atoms with Crippen molar-refractivity contribution in [3.8, 4) is 10.4 Å². The van der Waals surface area contributed by atoms with Crippen LogP contribution in [0.3, 0.4) is 0 Å². The molecule has 3 heterocycles. The van der Waals surface area contributed by atoms with Gasteiger partial charge in [0.05, 0.1) is 5.00 Å². The summed E-state index contributed by atoms with van der Waals surface area (Å²) in [5.74, 6) is 0. The fraction of sp³-hybridized carbons (Fsp3) is 0. The Kier molecular flexibility index (Phi) is 1.76. The highest BCUT2D eigenvalue weighted by molar-refractivity contribution is 7.19. The van der Waals surface area contributed by atoms with Crippen molar-refractivity contribution >= 4 is 27.4 Å². The van der Waals surface area contributed by atoms with Crippen molar-refractivity contribution in [3.05, 3.63) is 36.7 Å². The van der Waals surface area contributed by atoms with Crippen LogP contribution < -0.4 is 5.73 Å². The third-order valence-electron chi connectivity index (χ3n) is 2.35. The summed E-state index contributed by atoms with van der Waals surface area (Å²) in [5, 5.41) is 1.98. The molecule has 0 atom stereocenters. The molecule has 4 heteroatoms. The van der Waals surface area contributed by atoms with Crippen LogP contribution >= 0.6 is 11.3 Å². The Bertz CT molecular complexity index is 609.